The fourth-order valence-corrected chi connectivity index (χ4v) is 3.10. The summed E-state index contributed by atoms with van der Waals surface area (Å²) in [5.41, 5.74) is 0. The predicted octanol–water partition coefficient (Wildman–Crippen LogP) is 1.33. The third kappa shape index (κ3) is 3.45. The SMILES string of the molecule is CCC1C(=O)NC(=O)CN1C(=O)CCCc1cccs1. The molecule has 1 aromatic rings. The van der Waals surface area contributed by atoms with Crippen LogP contribution in [0.3, 0.4) is 0 Å². The van der Waals surface area contributed by atoms with E-state index in [1.807, 2.05) is 24.4 Å². The van der Waals surface area contributed by atoms with Crippen LogP contribution in [0.2, 0.25) is 0 Å². The van der Waals surface area contributed by atoms with E-state index in [-0.39, 0.29) is 18.4 Å². The van der Waals surface area contributed by atoms with Gasteiger partial charge in [-0.15, -0.1) is 11.3 Å². The zero-order chi connectivity index (χ0) is 14.5. The van der Waals surface area contributed by atoms with Gasteiger partial charge in [-0.25, -0.2) is 0 Å². The van der Waals surface area contributed by atoms with Gasteiger partial charge >= 0.3 is 0 Å². The predicted molar refractivity (Wildman–Crippen MR) is 76.2 cm³/mol. The second kappa shape index (κ2) is 6.65. The third-order valence-corrected chi connectivity index (χ3v) is 4.29. The maximum atomic E-state index is 12.2. The summed E-state index contributed by atoms with van der Waals surface area (Å²) in [5.74, 6) is -0.877. The van der Waals surface area contributed by atoms with Crippen LogP contribution in [0.1, 0.15) is 31.1 Å². The highest BCUT2D eigenvalue weighted by atomic mass is 32.1. The van der Waals surface area contributed by atoms with Gasteiger partial charge in [0.05, 0.1) is 0 Å². The van der Waals surface area contributed by atoms with Gasteiger partial charge in [0.1, 0.15) is 12.6 Å². The molecule has 3 amide bonds. The van der Waals surface area contributed by atoms with Crippen molar-refractivity contribution in [1.29, 1.82) is 0 Å². The molecule has 1 atom stereocenters. The zero-order valence-corrected chi connectivity index (χ0v) is 12.2. The molecule has 2 heterocycles. The largest absolute Gasteiger partial charge is 0.321 e. The van der Waals surface area contributed by atoms with Gasteiger partial charge in [0, 0.05) is 11.3 Å². The molecule has 6 heteroatoms. The number of carbonyl (C=O) groups is 3. The van der Waals surface area contributed by atoms with Crippen LogP contribution in [0.25, 0.3) is 0 Å². The van der Waals surface area contributed by atoms with Crippen LogP contribution in [0, 0.1) is 0 Å². The van der Waals surface area contributed by atoms with Crippen LogP contribution >= 0.6 is 11.3 Å². The molecule has 1 unspecified atom stereocenters. The molecule has 1 N–H and O–H groups in total. The molecule has 1 fully saturated rings. The molecule has 0 aliphatic carbocycles. The molecule has 0 saturated carbocycles. The Balaban J connectivity index is 1.89. The Morgan fingerprint density at radius 2 is 2.30 bits per heavy atom. The Bertz CT molecular complexity index is 499. The van der Waals surface area contributed by atoms with E-state index in [4.69, 9.17) is 0 Å². The van der Waals surface area contributed by atoms with Crippen LogP contribution in [-0.2, 0) is 20.8 Å². The molecule has 0 bridgehead atoms. The molecule has 2 rings (SSSR count). The molecule has 20 heavy (non-hydrogen) atoms. The monoisotopic (exact) mass is 294 g/mol. The summed E-state index contributed by atoms with van der Waals surface area (Å²) in [5, 5.41) is 4.29. The molecule has 0 radical (unpaired) electrons. The van der Waals surface area contributed by atoms with Crippen molar-refractivity contribution in [1.82, 2.24) is 10.2 Å². The summed E-state index contributed by atoms with van der Waals surface area (Å²) in [6.45, 7) is 1.83. The lowest BCUT2D eigenvalue weighted by Crippen LogP contribution is -2.59. The van der Waals surface area contributed by atoms with E-state index < -0.39 is 11.9 Å². The number of imide groups is 1. The van der Waals surface area contributed by atoms with Gasteiger partial charge in [0.2, 0.25) is 17.7 Å². The van der Waals surface area contributed by atoms with Gasteiger partial charge in [0.15, 0.2) is 0 Å². The maximum absolute atomic E-state index is 12.2. The first-order chi connectivity index (χ1) is 9.61. The smallest absolute Gasteiger partial charge is 0.249 e. The topological polar surface area (TPSA) is 66.5 Å². The Morgan fingerprint density at radius 3 is 2.95 bits per heavy atom. The number of nitrogens with one attached hydrogen (secondary N) is 1. The van der Waals surface area contributed by atoms with Crippen LogP contribution in [-0.4, -0.2) is 35.2 Å². The highest BCUT2D eigenvalue weighted by Crippen LogP contribution is 2.15. The number of hydrogen-bond acceptors (Lipinski definition) is 4. The summed E-state index contributed by atoms with van der Waals surface area (Å²) < 4.78 is 0. The molecular weight excluding hydrogens is 276 g/mol. The summed E-state index contributed by atoms with van der Waals surface area (Å²) in [6, 6.07) is 3.52. The molecule has 5 nitrogen and oxygen atoms in total. The first kappa shape index (κ1) is 14.7. The highest BCUT2D eigenvalue weighted by Gasteiger charge is 2.34. The lowest BCUT2D eigenvalue weighted by atomic mass is 10.1. The summed E-state index contributed by atoms with van der Waals surface area (Å²) in [6.07, 6.45) is 2.49. The lowest BCUT2D eigenvalue weighted by molar-refractivity contribution is -0.150. The van der Waals surface area contributed by atoms with Gasteiger partial charge in [-0.05, 0) is 30.7 Å². The molecule has 0 spiro atoms. The van der Waals surface area contributed by atoms with Gasteiger partial charge in [-0.1, -0.05) is 13.0 Å². The van der Waals surface area contributed by atoms with Crippen molar-refractivity contribution in [3.63, 3.8) is 0 Å². The van der Waals surface area contributed by atoms with Crippen molar-refractivity contribution >= 4 is 29.1 Å². The molecule has 1 aliphatic rings. The number of thiophene rings is 1. The first-order valence-corrected chi connectivity index (χ1v) is 7.65. The van der Waals surface area contributed by atoms with Crippen LogP contribution in [0.15, 0.2) is 17.5 Å². The van der Waals surface area contributed by atoms with E-state index in [1.54, 1.807) is 11.3 Å². The first-order valence-electron chi connectivity index (χ1n) is 6.77. The van der Waals surface area contributed by atoms with Crippen LogP contribution < -0.4 is 5.32 Å². The van der Waals surface area contributed by atoms with Crippen molar-refractivity contribution < 1.29 is 14.4 Å². The van der Waals surface area contributed by atoms with E-state index in [0.29, 0.717) is 12.8 Å². The third-order valence-electron chi connectivity index (χ3n) is 3.36. The Hall–Kier alpha value is -1.69. The summed E-state index contributed by atoms with van der Waals surface area (Å²) in [4.78, 5) is 37.9. The van der Waals surface area contributed by atoms with Crippen molar-refractivity contribution in [2.75, 3.05) is 6.54 Å². The second-order valence-electron chi connectivity index (χ2n) is 4.79. The number of amides is 3. The fraction of sp³-hybridized carbons (Fsp3) is 0.500. The molecule has 1 aromatic heterocycles. The Morgan fingerprint density at radius 1 is 1.50 bits per heavy atom. The maximum Gasteiger partial charge on any atom is 0.249 e. The standard InChI is InChI=1S/C14H18N2O3S/c1-2-11-14(19)15-12(17)9-16(11)13(18)7-3-5-10-6-4-8-20-10/h4,6,8,11H,2-3,5,7,9H2,1H3,(H,15,17,19). The average molecular weight is 294 g/mol. The average Bonchev–Trinajstić information content (AvgIpc) is 2.91. The molecule has 108 valence electrons. The van der Waals surface area contributed by atoms with E-state index in [0.717, 1.165) is 12.8 Å². The van der Waals surface area contributed by atoms with Gasteiger partial charge in [-0.3, -0.25) is 19.7 Å². The van der Waals surface area contributed by atoms with Gasteiger partial charge < -0.3 is 4.90 Å². The quantitative estimate of drug-likeness (QED) is 0.833. The number of nitrogens with zero attached hydrogens (tertiary/aromatic N) is 1. The number of piperazine rings is 1. The Kier molecular flexibility index (Phi) is 4.89. The molecule has 0 aromatic carbocycles. The fourth-order valence-electron chi connectivity index (χ4n) is 2.35. The van der Waals surface area contributed by atoms with E-state index in [9.17, 15) is 14.4 Å². The minimum Gasteiger partial charge on any atom is -0.321 e. The number of carbonyl (C=O) groups excluding carboxylic acids is 3. The lowest BCUT2D eigenvalue weighted by Gasteiger charge is -2.33. The van der Waals surface area contributed by atoms with Crippen molar-refractivity contribution in [2.45, 2.75) is 38.6 Å². The van der Waals surface area contributed by atoms with Gasteiger partial charge in [-0.2, -0.15) is 0 Å². The van der Waals surface area contributed by atoms with Crippen molar-refractivity contribution in [3.8, 4) is 0 Å². The Labute approximate surface area is 122 Å². The van der Waals surface area contributed by atoms with E-state index in [2.05, 4.69) is 5.32 Å². The zero-order valence-electron chi connectivity index (χ0n) is 11.4. The van der Waals surface area contributed by atoms with Gasteiger partial charge in [0.25, 0.3) is 0 Å². The number of rotatable bonds is 5. The van der Waals surface area contributed by atoms with Crippen LogP contribution in [0.4, 0.5) is 0 Å². The number of hydrogen-bond donors (Lipinski definition) is 1. The van der Waals surface area contributed by atoms with Crippen LogP contribution in [0.5, 0.6) is 0 Å². The van der Waals surface area contributed by atoms with Crippen molar-refractivity contribution in [2.24, 2.45) is 0 Å². The molecule has 1 saturated heterocycles. The molecular formula is C14H18N2O3S. The van der Waals surface area contributed by atoms with E-state index >= 15 is 0 Å². The number of aryl methyl sites for hydroxylation is 1. The van der Waals surface area contributed by atoms with E-state index in [1.165, 1.54) is 9.78 Å². The summed E-state index contributed by atoms with van der Waals surface area (Å²) in [7, 11) is 0. The second-order valence-corrected chi connectivity index (χ2v) is 5.82. The van der Waals surface area contributed by atoms with Crippen molar-refractivity contribution in [3.05, 3.63) is 22.4 Å². The molecule has 1 aliphatic heterocycles. The highest BCUT2D eigenvalue weighted by molar-refractivity contribution is 7.09. The summed E-state index contributed by atoms with van der Waals surface area (Å²) >= 11 is 1.67. The normalized spacial score (nSPS) is 19.1. The minimum atomic E-state index is -0.512. The minimum absolute atomic E-state index is 0.0118.